The lowest BCUT2D eigenvalue weighted by atomic mass is 10.0. The van der Waals surface area contributed by atoms with Gasteiger partial charge in [0.25, 0.3) is 10.0 Å². The molecule has 0 bridgehead atoms. The van der Waals surface area contributed by atoms with E-state index in [-0.39, 0.29) is 46.0 Å². The molecule has 4 aromatic carbocycles. The van der Waals surface area contributed by atoms with E-state index in [4.69, 9.17) is 25.8 Å². The second-order valence-corrected chi connectivity index (χ2v) is 14.2. The summed E-state index contributed by atoms with van der Waals surface area (Å²) in [5.74, 6) is -0.304. The third kappa shape index (κ3) is 9.46. The summed E-state index contributed by atoms with van der Waals surface area (Å²) in [5.41, 5.74) is 1.61. The average molecular weight is 773 g/mol. The van der Waals surface area contributed by atoms with Crippen LogP contribution >= 0.6 is 27.5 Å². The van der Waals surface area contributed by atoms with Gasteiger partial charge in [-0.05, 0) is 60.0 Å². The number of hydrogen-bond donors (Lipinski definition) is 1. The van der Waals surface area contributed by atoms with Crippen molar-refractivity contribution >= 4 is 55.1 Å². The number of carbonyl (C=O) groups excluding carboxylic acids is 2. The quantitative estimate of drug-likeness (QED) is 0.139. The number of anilines is 1. The van der Waals surface area contributed by atoms with Crippen molar-refractivity contribution in [3.63, 3.8) is 0 Å². The zero-order valence-electron chi connectivity index (χ0n) is 27.7. The average Bonchev–Trinajstić information content (AvgIpc) is 3.11. The van der Waals surface area contributed by atoms with Gasteiger partial charge < -0.3 is 24.4 Å². The Balaban J connectivity index is 1.87. The van der Waals surface area contributed by atoms with Crippen LogP contribution in [0.25, 0.3) is 0 Å². The van der Waals surface area contributed by atoms with Gasteiger partial charge in [-0.2, -0.15) is 0 Å². The SMILES string of the molecule is CCCNC(=O)C(Cc1ccccc1)N(Cc1ccc(Br)cc1)C(=O)CN(c1cc(Cl)ccc1OC)S(=O)(=O)c1ccc(OC)c(OC)c1. The number of benzene rings is 4. The minimum atomic E-state index is -4.48. The van der Waals surface area contributed by atoms with Gasteiger partial charge in [-0.25, -0.2) is 8.42 Å². The Morgan fingerprint density at radius 3 is 2.12 bits per heavy atom. The van der Waals surface area contributed by atoms with E-state index in [1.807, 2.05) is 61.5 Å². The third-order valence-corrected chi connectivity index (χ3v) is 10.2. The van der Waals surface area contributed by atoms with Gasteiger partial charge in [0.15, 0.2) is 11.5 Å². The maximum atomic E-state index is 14.7. The fourth-order valence-electron chi connectivity index (χ4n) is 5.18. The fraction of sp³-hybridized carbons (Fsp3) is 0.278. The summed E-state index contributed by atoms with van der Waals surface area (Å²) in [5, 5.41) is 3.16. The molecule has 0 radical (unpaired) electrons. The molecule has 1 N–H and O–H groups in total. The number of sulfonamides is 1. The van der Waals surface area contributed by atoms with Crippen molar-refractivity contribution in [3.8, 4) is 17.2 Å². The molecule has 10 nitrogen and oxygen atoms in total. The Morgan fingerprint density at radius 1 is 0.837 bits per heavy atom. The van der Waals surface area contributed by atoms with Crippen LogP contribution in [0.3, 0.4) is 0 Å². The zero-order valence-corrected chi connectivity index (χ0v) is 30.8. The van der Waals surface area contributed by atoms with E-state index < -0.39 is 28.5 Å². The molecule has 0 aliphatic rings. The largest absolute Gasteiger partial charge is 0.495 e. The molecule has 2 amide bonds. The van der Waals surface area contributed by atoms with E-state index >= 15 is 0 Å². The molecule has 260 valence electrons. The van der Waals surface area contributed by atoms with Crippen LogP contribution in [0.4, 0.5) is 5.69 Å². The molecule has 0 heterocycles. The molecule has 0 spiro atoms. The Hall–Kier alpha value is -4.26. The van der Waals surface area contributed by atoms with Gasteiger partial charge in [-0.3, -0.25) is 13.9 Å². The molecular weight excluding hydrogens is 734 g/mol. The van der Waals surface area contributed by atoms with Crippen LogP contribution < -0.4 is 23.8 Å². The molecule has 4 rings (SSSR count). The fourth-order valence-corrected chi connectivity index (χ4v) is 7.05. The van der Waals surface area contributed by atoms with Crippen molar-refractivity contribution in [1.82, 2.24) is 10.2 Å². The summed E-state index contributed by atoms with van der Waals surface area (Å²) in [4.78, 5) is 29.8. The first kappa shape index (κ1) is 37.6. The van der Waals surface area contributed by atoms with Crippen LogP contribution in [0.2, 0.25) is 5.02 Å². The van der Waals surface area contributed by atoms with Gasteiger partial charge in [0.2, 0.25) is 11.8 Å². The Morgan fingerprint density at radius 2 is 1.49 bits per heavy atom. The minimum Gasteiger partial charge on any atom is -0.495 e. The summed E-state index contributed by atoms with van der Waals surface area (Å²) in [6.45, 7) is 1.69. The van der Waals surface area contributed by atoms with Gasteiger partial charge in [0, 0.05) is 35.1 Å². The Kier molecular flexibility index (Phi) is 13.3. The monoisotopic (exact) mass is 771 g/mol. The predicted octanol–water partition coefficient (Wildman–Crippen LogP) is 6.49. The Labute approximate surface area is 301 Å². The van der Waals surface area contributed by atoms with Gasteiger partial charge >= 0.3 is 0 Å². The van der Waals surface area contributed by atoms with Crippen molar-refractivity contribution in [2.75, 3.05) is 38.7 Å². The molecule has 0 aliphatic carbocycles. The second-order valence-electron chi connectivity index (χ2n) is 11.0. The van der Waals surface area contributed by atoms with E-state index in [9.17, 15) is 18.0 Å². The van der Waals surface area contributed by atoms with Gasteiger partial charge in [0.1, 0.15) is 18.3 Å². The molecule has 0 aromatic heterocycles. The number of nitrogens with zero attached hydrogens (tertiary/aromatic N) is 2. The Bertz CT molecular complexity index is 1840. The van der Waals surface area contributed by atoms with E-state index in [2.05, 4.69) is 21.2 Å². The molecule has 0 saturated carbocycles. The highest BCUT2D eigenvalue weighted by Gasteiger charge is 2.36. The lowest BCUT2D eigenvalue weighted by Gasteiger charge is -2.34. The van der Waals surface area contributed by atoms with Gasteiger partial charge in [0.05, 0.1) is 31.9 Å². The number of amides is 2. The number of methoxy groups -OCH3 is 3. The smallest absolute Gasteiger partial charge is 0.265 e. The van der Waals surface area contributed by atoms with Crippen molar-refractivity contribution in [2.24, 2.45) is 0 Å². The van der Waals surface area contributed by atoms with Crippen molar-refractivity contribution in [1.29, 1.82) is 0 Å². The molecule has 0 aliphatic heterocycles. The van der Waals surface area contributed by atoms with E-state index in [0.717, 1.165) is 19.9 Å². The molecular formula is C36H39BrClN3O7S. The summed E-state index contributed by atoms with van der Waals surface area (Å²) < 4.78 is 47.1. The van der Waals surface area contributed by atoms with Gasteiger partial charge in [-0.15, -0.1) is 0 Å². The summed E-state index contributed by atoms with van der Waals surface area (Å²) in [6, 6.07) is 24.4. The first-order valence-electron chi connectivity index (χ1n) is 15.5. The zero-order chi connectivity index (χ0) is 35.6. The number of rotatable bonds is 16. The first-order valence-corrected chi connectivity index (χ1v) is 18.1. The lowest BCUT2D eigenvalue weighted by molar-refractivity contribution is -0.140. The summed E-state index contributed by atoms with van der Waals surface area (Å²) in [6.07, 6.45) is 0.887. The summed E-state index contributed by atoms with van der Waals surface area (Å²) >= 11 is 9.83. The number of carbonyl (C=O) groups is 2. The maximum absolute atomic E-state index is 14.7. The molecule has 49 heavy (non-hydrogen) atoms. The molecule has 1 atom stereocenters. The van der Waals surface area contributed by atoms with E-state index in [1.54, 1.807) is 6.07 Å². The normalized spacial score (nSPS) is 11.7. The van der Waals surface area contributed by atoms with Crippen LogP contribution in [0, 0.1) is 0 Å². The number of hydrogen-bond acceptors (Lipinski definition) is 7. The number of ether oxygens (including phenoxy) is 3. The molecule has 0 fully saturated rings. The van der Waals surface area contributed by atoms with E-state index in [0.29, 0.717) is 18.7 Å². The minimum absolute atomic E-state index is 0.0279. The first-order chi connectivity index (χ1) is 23.5. The third-order valence-electron chi connectivity index (χ3n) is 7.72. The molecule has 4 aromatic rings. The highest BCUT2D eigenvalue weighted by atomic mass is 79.9. The second kappa shape index (κ2) is 17.4. The standard InChI is InChI=1S/C36H39BrClN3O7S/c1-5-19-39-36(43)31(20-25-9-7-6-8-10-25)40(23-26-11-13-27(37)14-12-26)35(42)24-41(30-21-28(38)15-17-32(30)46-2)49(44,45)29-16-18-33(47-3)34(22-29)48-4/h6-18,21-22,31H,5,19-20,23-24H2,1-4H3,(H,39,43). The van der Waals surface area contributed by atoms with Crippen molar-refractivity contribution < 1.29 is 32.2 Å². The number of nitrogens with one attached hydrogen (secondary N) is 1. The van der Waals surface area contributed by atoms with Crippen LogP contribution in [0.15, 0.2) is 100 Å². The van der Waals surface area contributed by atoms with Crippen molar-refractivity contribution in [3.05, 3.63) is 112 Å². The maximum Gasteiger partial charge on any atom is 0.265 e. The van der Waals surface area contributed by atoms with Crippen LogP contribution in [0.1, 0.15) is 24.5 Å². The highest BCUT2D eigenvalue weighted by molar-refractivity contribution is 9.10. The van der Waals surface area contributed by atoms with Gasteiger partial charge in [-0.1, -0.05) is 76.9 Å². The molecule has 0 saturated heterocycles. The topological polar surface area (TPSA) is 114 Å². The van der Waals surface area contributed by atoms with Crippen LogP contribution in [0.5, 0.6) is 17.2 Å². The molecule has 1 unspecified atom stereocenters. The van der Waals surface area contributed by atoms with E-state index in [1.165, 1.54) is 56.6 Å². The summed E-state index contributed by atoms with van der Waals surface area (Å²) in [7, 11) is -0.254. The van der Waals surface area contributed by atoms with Crippen LogP contribution in [-0.2, 0) is 32.6 Å². The van der Waals surface area contributed by atoms with Crippen LogP contribution in [-0.4, -0.2) is 65.6 Å². The van der Waals surface area contributed by atoms with Crippen molar-refractivity contribution in [2.45, 2.75) is 37.2 Å². The highest BCUT2D eigenvalue weighted by Crippen LogP contribution is 2.37. The lowest BCUT2D eigenvalue weighted by Crippen LogP contribution is -2.53. The number of halogens is 2. The molecule has 13 heteroatoms. The predicted molar refractivity (Wildman–Crippen MR) is 194 cm³/mol.